The molecule has 0 aliphatic heterocycles. The van der Waals surface area contributed by atoms with Gasteiger partial charge in [0.1, 0.15) is 10.7 Å². The summed E-state index contributed by atoms with van der Waals surface area (Å²) in [5.74, 6) is 1.11. The standard InChI is InChI=1S/C17H23N3O2S2/c1-9-10(2)24-17-14(9)16(22)19-15(20-17)11(3)23-8-13(21)18-12-6-4-5-7-12/h11-12H,4-8H2,1-3H3,(H,18,21)(H,19,20,22)/t11-/m1/s1. The molecule has 0 radical (unpaired) electrons. The maximum absolute atomic E-state index is 12.3. The third kappa shape index (κ3) is 3.67. The molecule has 0 unspecified atom stereocenters. The number of carbonyl (C=O) groups is 1. The molecule has 2 aromatic heterocycles. The molecule has 2 N–H and O–H groups in total. The minimum Gasteiger partial charge on any atom is -0.353 e. The molecular formula is C17H23N3O2S2. The van der Waals surface area contributed by atoms with Crippen LogP contribution in [0.3, 0.4) is 0 Å². The molecule has 1 fully saturated rings. The zero-order valence-corrected chi connectivity index (χ0v) is 15.9. The lowest BCUT2D eigenvalue weighted by Gasteiger charge is -2.14. The van der Waals surface area contributed by atoms with E-state index in [1.54, 1.807) is 11.3 Å². The lowest BCUT2D eigenvalue weighted by molar-refractivity contribution is -0.119. The summed E-state index contributed by atoms with van der Waals surface area (Å²) in [6.45, 7) is 5.94. The van der Waals surface area contributed by atoms with Gasteiger partial charge in [0.25, 0.3) is 5.56 Å². The fraction of sp³-hybridized carbons (Fsp3) is 0.588. The summed E-state index contributed by atoms with van der Waals surface area (Å²) in [7, 11) is 0. The van der Waals surface area contributed by atoms with Gasteiger partial charge in [0.2, 0.25) is 5.91 Å². The predicted octanol–water partition coefficient (Wildman–Crippen LogP) is 3.45. The Kier molecular flexibility index (Phi) is 5.30. The number of rotatable bonds is 5. The molecule has 2 heterocycles. The number of thiophene rings is 1. The zero-order chi connectivity index (χ0) is 17.3. The third-order valence-corrected chi connectivity index (χ3v) is 6.88. The Bertz CT molecular complexity index is 806. The topological polar surface area (TPSA) is 74.8 Å². The van der Waals surface area contributed by atoms with Crippen LogP contribution in [0.4, 0.5) is 0 Å². The molecule has 130 valence electrons. The lowest BCUT2D eigenvalue weighted by Crippen LogP contribution is -2.34. The maximum atomic E-state index is 12.3. The summed E-state index contributed by atoms with van der Waals surface area (Å²) in [5, 5.41) is 3.75. The van der Waals surface area contributed by atoms with Gasteiger partial charge in [0.05, 0.1) is 16.4 Å². The van der Waals surface area contributed by atoms with E-state index >= 15 is 0 Å². The normalized spacial score (nSPS) is 16.6. The first kappa shape index (κ1) is 17.5. The second-order valence-corrected chi connectivity index (χ2v) is 8.95. The number of hydrogen-bond acceptors (Lipinski definition) is 5. The van der Waals surface area contributed by atoms with Gasteiger partial charge in [-0.25, -0.2) is 4.98 Å². The van der Waals surface area contributed by atoms with Gasteiger partial charge in [-0.2, -0.15) is 0 Å². The minimum atomic E-state index is -0.0836. The SMILES string of the molecule is Cc1sc2nc([C@@H](C)SCC(=O)NC3CCCC3)[nH]c(=O)c2c1C. The van der Waals surface area contributed by atoms with Crippen LogP contribution in [0.25, 0.3) is 10.2 Å². The summed E-state index contributed by atoms with van der Waals surface area (Å²) >= 11 is 3.06. The van der Waals surface area contributed by atoms with E-state index in [9.17, 15) is 9.59 Å². The van der Waals surface area contributed by atoms with Gasteiger partial charge in [-0.15, -0.1) is 23.1 Å². The van der Waals surface area contributed by atoms with Crippen LogP contribution in [0.2, 0.25) is 0 Å². The quantitative estimate of drug-likeness (QED) is 0.851. The number of thioether (sulfide) groups is 1. The van der Waals surface area contributed by atoms with Crippen molar-refractivity contribution in [3.05, 3.63) is 26.6 Å². The first-order valence-electron chi connectivity index (χ1n) is 8.36. The summed E-state index contributed by atoms with van der Waals surface area (Å²) in [6, 6.07) is 0.347. The molecule has 0 spiro atoms. The van der Waals surface area contributed by atoms with Gasteiger partial charge < -0.3 is 10.3 Å². The number of hydrogen-bond donors (Lipinski definition) is 2. The smallest absolute Gasteiger partial charge is 0.259 e. The number of nitrogens with one attached hydrogen (secondary N) is 2. The van der Waals surface area contributed by atoms with Gasteiger partial charge in [-0.05, 0) is 39.2 Å². The maximum Gasteiger partial charge on any atom is 0.259 e. The van der Waals surface area contributed by atoms with E-state index in [4.69, 9.17) is 0 Å². The van der Waals surface area contributed by atoms with Crippen LogP contribution in [0.15, 0.2) is 4.79 Å². The molecule has 2 aromatic rings. The van der Waals surface area contributed by atoms with Crippen LogP contribution in [-0.4, -0.2) is 27.7 Å². The molecule has 5 nitrogen and oxygen atoms in total. The second kappa shape index (κ2) is 7.27. The molecule has 0 bridgehead atoms. The lowest BCUT2D eigenvalue weighted by atomic mass is 10.2. The Morgan fingerprint density at radius 2 is 2.12 bits per heavy atom. The van der Waals surface area contributed by atoms with Crippen LogP contribution in [0.1, 0.15) is 54.1 Å². The largest absolute Gasteiger partial charge is 0.353 e. The fourth-order valence-corrected chi connectivity index (χ4v) is 4.87. The summed E-state index contributed by atoms with van der Waals surface area (Å²) in [6.07, 6.45) is 4.60. The first-order chi connectivity index (χ1) is 11.5. The highest BCUT2D eigenvalue weighted by Crippen LogP contribution is 2.30. The molecule has 7 heteroatoms. The van der Waals surface area contributed by atoms with E-state index < -0.39 is 0 Å². The number of aromatic amines is 1. The highest BCUT2D eigenvalue weighted by atomic mass is 32.2. The van der Waals surface area contributed by atoms with E-state index in [1.165, 1.54) is 24.6 Å². The highest BCUT2D eigenvalue weighted by Gasteiger charge is 2.19. The molecule has 0 saturated heterocycles. The van der Waals surface area contributed by atoms with Crippen LogP contribution in [-0.2, 0) is 4.79 Å². The van der Waals surface area contributed by atoms with Crippen molar-refractivity contribution in [1.82, 2.24) is 15.3 Å². The van der Waals surface area contributed by atoms with Crippen LogP contribution < -0.4 is 10.9 Å². The van der Waals surface area contributed by atoms with E-state index in [0.29, 0.717) is 23.0 Å². The first-order valence-corrected chi connectivity index (χ1v) is 10.2. The molecule has 1 amide bonds. The van der Waals surface area contributed by atoms with E-state index in [2.05, 4.69) is 15.3 Å². The van der Waals surface area contributed by atoms with Gasteiger partial charge >= 0.3 is 0 Å². The summed E-state index contributed by atoms with van der Waals surface area (Å²) < 4.78 is 0. The predicted molar refractivity (Wildman–Crippen MR) is 101 cm³/mol. The molecular weight excluding hydrogens is 342 g/mol. The number of fused-ring (bicyclic) bond motifs is 1. The van der Waals surface area contributed by atoms with Crippen LogP contribution in [0.5, 0.6) is 0 Å². The number of carbonyl (C=O) groups excluding carboxylic acids is 1. The van der Waals surface area contributed by atoms with Crippen molar-refractivity contribution in [3.8, 4) is 0 Å². The van der Waals surface area contributed by atoms with Crippen LogP contribution in [0, 0.1) is 13.8 Å². The van der Waals surface area contributed by atoms with Gasteiger partial charge in [-0.1, -0.05) is 12.8 Å². The van der Waals surface area contributed by atoms with Crippen molar-refractivity contribution in [3.63, 3.8) is 0 Å². The van der Waals surface area contributed by atoms with Crippen molar-refractivity contribution < 1.29 is 4.79 Å². The summed E-state index contributed by atoms with van der Waals surface area (Å²) in [4.78, 5) is 33.8. The van der Waals surface area contributed by atoms with Crippen molar-refractivity contribution in [2.45, 2.75) is 57.7 Å². The van der Waals surface area contributed by atoms with Crippen molar-refractivity contribution in [2.24, 2.45) is 0 Å². The summed E-state index contributed by atoms with van der Waals surface area (Å²) in [5.41, 5.74) is 0.922. The Labute approximate surface area is 149 Å². The average Bonchev–Trinajstić information content (AvgIpc) is 3.13. The fourth-order valence-electron chi connectivity index (χ4n) is 3.08. The number of H-pyrrole nitrogens is 1. The van der Waals surface area contributed by atoms with Crippen LogP contribution >= 0.6 is 23.1 Å². The van der Waals surface area contributed by atoms with E-state index in [-0.39, 0.29) is 16.7 Å². The van der Waals surface area contributed by atoms with Crippen molar-refractivity contribution in [1.29, 1.82) is 0 Å². The minimum absolute atomic E-state index is 0.0286. The average molecular weight is 366 g/mol. The molecule has 1 atom stereocenters. The molecule has 1 aliphatic carbocycles. The highest BCUT2D eigenvalue weighted by molar-refractivity contribution is 8.00. The Morgan fingerprint density at radius 3 is 2.83 bits per heavy atom. The van der Waals surface area contributed by atoms with Gasteiger partial charge in [0.15, 0.2) is 0 Å². The second-order valence-electron chi connectivity index (χ2n) is 6.42. The Hall–Kier alpha value is -1.34. The van der Waals surface area contributed by atoms with E-state index in [1.807, 2.05) is 20.8 Å². The van der Waals surface area contributed by atoms with Gasteiger partial charge in [-0.3, -0.25) is 9.59 Å². The zero-order valence-electron chi connectivity index (χ0n) is 14.3. The van der Waals surface area contributed by atoms with Crippen molar-refractivity contribution >= 4 is 39.2 Å². The number of nitrogens with zero attached hydrogens (tertiary/aromatic N) is 1. The molecule has 1 aliphatic rings. The molecule has 24 heavy (non-hydrogen) atoms. The molecule has 1 saturated carbocycles. The Balaban J connectivity index is 1.66. The molecule has 0 aromatic carbocycles. The third-order valence-electron chi connectivity index (χ3n) is 4.63. The van der Waals surface area contributed by atoms with E-state index in [0.717, 1.165) is 28.1 Å². The Morgan fingerprint density at radius 1 is 1.42 bits per heavy atom. The monoisotopic (exact) mass is 365 g/mol. The number of aromatic nitrogens is 2. The number of amides is 1. The van der Waals surface area contributed by atoms with Crippen molar-refractivity contribution in [2.75, 3.05) is 5.75 Å². The molecule has 3 rings (SSSR count). The van der Waals surface area contributed by atoms with Gasteiger partial charge in [0, 0.05) is 10.9 Å². The number of aryl methyl sites for hydroxylation is 2.